The van der Waals surface area contributed by atoms with Gasteiger partial charge in [0.1, 0.15) is 5.75 Å². The number of hydrogen-bond donors (Lipinski definition) is 1. The molecule has 2 aromatic rings. The predicted molar refractivity (Wildman–Crippen MR) is 118 cm³/mol. The van der Waals surface area contributed by atoms with E-state index in [9.17, 15) is 13.2 Å². The highest BCUT2D eigenvalue weighted by Gasteiger charge is 2.22. The molecule has 1 aliphatic rings. The van der Waals surface area contributed by atoms with Crippen molar-refractivity contribution in [3.63, 3.8) is 0 Å². The molecule has 1 unspecified atom stereocenters. The van der Waals surface area contributed by atoms with Gasteiger partial charge in [0.05, 0.1) is 4.90 Å². The summed E-state index contributed by atoms with van der Waals surface area (Å²) in [6.45, 7) is 6.14. The van der Waals surface area contributed by atoms with Crippen LogP contribution in [-0.2, 0) is 27.7 Å². The number of carbonyl (C=O) groups is 1. The van der Waals surface area contributed by atoms with Crippen molar-refractivity contribution in [3.05, 3.63) is 53.6 Å². The topological polar surface area (TPSA) is 75.7 Å². The van der Waals surface area contributed by atoms with E-state index in [0.717, 1.165) is 12.8 Å². The summed E-state index contributed by atoms with van der Waals surface area (Å²) >= 11 is 0. The minimum atomic E-state index is -3.52. The third-order valence-electron chi connectivity index (χ3n) is 5.47. The molecule has 0 aliphatic heterocycles. The molecule has 3 rings (SSSR count). The van der Waals surface area contributed by atoms with Gasteiger partial charge in [-0.2, -0.15) is 4.31 Å². The minimum absolute atomic E-state index is 0.211. The van der Waals surface area contributed by atoms with Gasteiger partial charge in [-0.15, -0.1) is 0 Å². The van der Waals surface area contributed by atoms with Crippen molar-refractivity contribution in [2.45, 2.75) is 57.5 Å². The normalized spacial score (nSPS) is 14.8. The number of anilines is 1. The number of sulfonamides is 1. The lowest BCUT2D eigenvalue weighted by Gasteiger charge is -2.20. The zero-order valence-electron chi connectivity index (χ0n) is 17.8. The van der Waals surface area contributed by atoms with E-state index >= 15 is 0 Å². The number of carbonyl (C=O) groups excluding carboxylic acids is 1. The first kappa shape index (κ1) is 22.3. The van der Waals surface area contributed by atoms with E-state index in [1.165, 1.54) is 40.4 Å². The molecule has 1 atom stereocenters. The molecule has 30 heavy (non-hydrogen) atoms. The predicted octanol–water partition coefficient (Wildman–Crippen LogP) is 4.00. The summed E-state index contributed by atoms with van der Waals surface area (Å²) in [5.41, 5.74) is 3.20. The van der Waals surface area contributed by atoms with Crippen LogP contribution in [0.2, 0.25) is 0 Å². The Morgan fingerprint density at radius 3 is 2.30 bits per heavy atom. The number of fused-ring (bicyclic) bond motifs is 1. The lowest BCUT2D eigenvalue weighted by Crippen LogP contribution is -2.31. The maximum Gasteiger partial charge on any atom is 0.265 e. The van der Waals surface area contributed by atoms with Crippen LogP contribution in [0.5, 0.6) is 5.75 Å². The van der Waals surface area contributed by atoms with Crippen LogP contribution in [0.15, 0.2) is 47.4 Å². The Labute approximate surface area is 179 Å². The average molecular weight is 431 g/mol. The number of rotatable bonds is 8. The van der Waals surface area contributed by atoms with E-state index in [2.05, 4.69) is 11.4 Å². The molecule has 162 valence electrons. The van der Waals surface area contributed by atoms with Gasteiger partial charge in [0.25, 0.3) is 5.91 Å². The number of hydrogen-bond acceptors (Lipinski definition) is 4. The first-order valence-corrected chi connectivity index (χ1v) is 12.0. The molecule has 0 bridgehead atoms. The third kappa shape index (κ3) is 5.02. The Hall–Kier alpha value is -2.38. The smallest absolute Gasteiger partial charge is 0.265 e. The van der Waals surface area contributed by atoms with Crippen LogP contribution in [0.4, 0.5) is 5.69 Å². The standard InChI is InChI=1S/C23H30N2O4S/c1-4-25(5-2)30(27,28)22-14-11-20(12-15-22)24-23(26)17(3)29-21-13-10-18-8-6-7-9-19(18)16-21/h10-17H,4-9H2,1-3H3,(H,24,26). The number of aryl methyl sites for hydroxylation is 2. The molecular weight excluding hydrogens is 400 g/mol. The monoisotopic (exact) mass is 430 g/mol. The largest absolute Gasteiger partial charge is 0.481 e. The Bertz CT molecular complexity index is 983. The van der Waals surface area contributed by atoms with Gasteiger partial charge in [0.2, 0.25) is 10.0 Å². The lowest BCUT2D eigenvalue weighted by molar-refractivity contribution is -0.122. The Morgan fingerprint density at radius 2 is 1.67 bits per heavy atom. The Kier molecular flexibility index (Phi) is 7.15. The van der Waals surface area contributed by atoms with Crippen LogP contribution in [0.3, 0.4) is 0 Å². The summed E-state index contributed by atoms with van der Waals surface area (Å²) in [6.07, 6.45) is 3.89. The fourth-order valence-electron chi connectivity index (χ4n) is 3.71. The fraction of sp³-hybridized carbons (Fsp3) is 0.435. The first-order valence-electron chi connectivity index (χ1n) is 10.5. The van der Waals surface area contributed by atoms with Crippen LogP contribution in [-0.4, -0.2) is 37.8 Å². The van der Waals surface area contributed by atoms with Gasteiger partial charge >= 0.3 is 0 Å². The van der Waals surface area contributed by atoms with Crippen LogP contribution in [0.25, 0.3) is 0 Å². The van der Waals surface area contributed by atoms with Crippen LogP contribution >= 0.6 is 0 Å². The van der Waals surface area contributed by atoms with Gasteiger partial charge in [-0.3, -0.25) is 4.79 Å². The molecule has 0 saturated heterocycles. The summed E-state index contributed by atoms with van der Waals surface area (Å²) < 4.78 is 32.4. The van der Waals surface area contributed by atoms with Crippen molar-refractivity contribution >= 4 is 21.6 Å². The summed E-state index contributed by atoms with van der Waals surface area (Å²) in [4.78, 5) is 12.7. The van der Waals surface area contributed by atoms with Crippen LogP contribution in [0, 0.1) is 0 Å². The SMILES string of the molecule is CCN(CC)S(=O)(=O)c1ccc(NC(=O)C(C)Oc2ccc3c(c2)CCCC3)cc1. The molecular formula is C23H30N2O4S. The van der Waals surface area contributed by atoms with E-state index in [4.69, 9.17) is 4.74 Å². The number of amides is 1. The summed E-state index contributed by atoms with van der Waals surface area (Å²) in [7, 11) is -3.52. The van der Waals surface area contributed by atoms with Crippen LogP contribution in [0.1, 0.15) is 44.7 Å². The maximum absolute atomic E-state index is 12.6. The van der Waals surface area contributed by atoms with Gasteiger partial charge < -0.3 is 10.1 Å². The first-order chi connectivity index (χ1) is 14.3. The molecule has 2 aromatic carbocycles. The molecule has 0 aromatic heterocycles. The molecule has 0 saturated carbocycles. The van der Waals surface area contributed by atoms with E-state index in [1.807, 2.05) is 12.1 Å². The van der Waals surface area contributed by atoms with Gasteiger partial charge in [0.15, 0.2) is 6.10 Å². The highest BCUT2D eigenvalue weighted by atomic mass is 32.2. The number of nitrogens with zero attached hydrogens (tertiary/aromatic N) is 1. The van der Waals surface area contributed by atoms with Gasteiger partial charge in [0, 0.05) is 18.8 Å². The zero-order valence-corrected chi connectivity index (χ0v) is 18.7. The molecule has 0 spiro atoms. The van der Waals surface area contributed by atoms with Crippen molar-refractivity contribution < 1.29 is 17.9 Å². The van der Waals surface area contributed by atoms with Gasteiger partial charge in [-0.25, -0.2) is 8.42 Å². The highest BCUT2D eigenvalue weighted by Crippen LogP contribution is 2.26. The quantitative estimate of drug-likeness (QED) is 0.687. The van der Waals surface area contributed by atoms with Crippen molar-refractivity contribution in [1.82, 2.24) is 4.31 Å². The molecule has 0 fully saturated rings. The minimum Gasteiger partial charge on any atom is -0.481 e. The highest BCUT2D eigenvalue weighted by molar-refractivity contribution is 7.89. The Morgan fingerprint density at radius 1 is 1.03 bits per heavy atom. The number of nitrogens with one attached hydrogen (secondary N) is 1. The summed E-state index contributed by atoms with van der Waals surface area (Å²) in [6, 6.07) is 12.3. The molecule has 1 N–H and O–H groups in total. The second-order valence-corrected chi connectivity index (χ2v) is 9.44. The zero-order chi connectivity index (χ0) is 21.7. The second kappa shape index (κ2) is 9.62. The third-order valence-corrected chi connectivity index (χ3v) is 7.53. The van der Waals surface area contributed by atoms with Crippen molar-refractivity contribution in [1.29, 1.82) is 0 Å². The molecule has 0 radical (unpaired) electrons. The molecule has 1 amide bonds. The molecule has 0 heterocycles. The number of benzene rings is 2. The van der Waals surface area contributed by atoms with E-state index in [1.54, 1.807) is 32.9 Å². The van der Waals surface area contributed by atoms with Gasteiger partial charge in [-0.1, -0.05) is 19.9 Å². The van der Waals surface area contributed by atoms with Gasteiger partial charge in [-0.05, 0) is 80.1 Å². The van der Waals surface area contributed by atoms with Crippen molar-refractivity contribution in [2.75, 3.05) is 18.4 Å². The van der Waals surface area contributed by atoms with Crippen molar-refractivity contribution in [2.24, 2.45) is 0 Å². The summed E-state index contributed by atoms with van der Waals surface area (Å²) in [5.74, 6) is 0.408. The maximum atomic E-state index is 12.6. The second-order valence-electron chi connectivity index (χ2n) is 7.50. The average Bonchev–Trinajstić information content (AvgIpc) is 2.74. The molecule has 6 nitrogen and oxygen atoms in total. The summed E-state index contributed by atoms with van der Waals surface area (Å²) in [5, 5.41) is 2.79. The van der Waals surface area contributed by atoms with E-state index in [0.29, 0.717) is 24.5 Å². The van der Waals surface area contributed by atoms with Crippen LogP contribution < -0.4 is 10.1 Å². The van der Waals surface area contributed by atoms with Crippen molar-refractivity contribution in [3.8, 4) is 5.75 Å². The number of ether oxygens (including phenoxy) is 1. The van der Waals surface area contributed by atoms with E-state index < -0.39 is 16.1 Å². The Balaban J connectivity index is 1.63. The fourth-order valence-corrected chi connectivity index (χ4v) is 5.17. The van der Waals surface area contributed by atoms with E-state index in [-0.39, 0.29) is 10.8 Å². The lowest BCUT2D eigenvalue weighted by atomic mass is 9.92. The molecule has 7 heteroatoms. The molecule has 1 aliphatic carbocycles.